The van der Waals surface area contributed by atoms with E-state index in [9.17, 15) is 14.6 Å². The van der Waals surface area contributed by atoms with Crippen LogP contribution in [0, 0.1) is 5.82 Å². The topological polar surface area (TPSA) is 52.5 Å². The first-order chi connectivity index (χ1) is 7.59. The van der Waals surface area contributed by atoms with E-state index in [1.54, 1.807) is 0 Å². The molecule has 1 fully saturated rings. The number of nitrogens with one attached hydrogen (secondary N) is 1. The minimum Gasteiger partial charge on any atom is -0.508 e. The van der Waals surface area contributed by atoms with Gasteiger partial charge in [-0.05, 0) is 37.5 Å². The van der Waals surface area contributed by atoms with Crippen molar-refractivity contribution < 1.29 is 14.6 Å². The zero-order valence-corrected chi connectivity index (χ0v) is 9.04. The third-order valence-corrected chi connectivity index (χ3v) is 3.10. The maximum Gasteiger partial charge on any atom is 0.123 e. The van der Waals surface area contributed by atoms with Gasteiger partial charge in [0, 0.05) is 18.7 Å². The number of rotatable bonds is 4. The molecule has 0 heterocycles. The van der Waals surface area contributed by atoms with Crippen LogP contribution in [0.5, 0.6) is 5.75 Å². The third kappa shape index (κ3) is 2.51. The Kier molecular flexibility index (Phi) is 3.12. The second kappa shape index (κ2) is 4.39. The Morgan fingerprint density at radius 1 is 1.38 bits per heavy atom. The van der Waals surface area contributed by atoms with Gasteiger partial charge in [-0.25, -0.2) is 4.39 Å². The number of hydrogen-bond donors (Lipinski definition) is 3. The molecule has 16 heavy (non-hydrogen) atoms. The van der Waals surface area contributed by atoms with E-state index < -0.39 is 5.60 Å². The molecule has 88 valence electrons. The SMILES string of the molecule is Oc1ccc(F)cc1CNCC1(O)CCC1. The van der Waals surface area contributed by atoms with Gasteiger partial charge in [0.15, 0.2) is 0 Å². The Labute approximate surface area is 93.9 Å². The van der Waals surface area contributed by atoms with Crippen molar-refractivity contribution in [3.8, 4) is 5.75 Å². The van der Waals surface area contributed by atoms with Gasteiger partial charge in [0.1, 0.15) is 11.6 Å². The van der Waals surface area contributed by atoms with E-state index in [0.717, 1.165) is 19.3 Å². The molecule has 0 saturated heterocycles. The number of phenols is 1. The van der Waals surface area contributed by atoms with Crippen molar-refractivity contribution in [2.45, 2.75) is 31.4 Å². The van der Waals surface area contributed by atoms with E-state index >= 15 is 0 Å². The van der Waals surface area contributed by atoms with Crippen LogP contribution in [0.15, 0.2) is 18.2 Å². The van der Waals surface area contributed by atoms with Crippen molar-refractivity contribution in [2.75, 3.05) is 6.54 Å². The highest BCUT2D eigenvalue weighted by Crippen LogP contribution is 2.30. The lowest BCUT2D eigenvalue weighted by molar-refractivity contribution is -0.0315. The molecule has 1 aliphatic rings. The summed E-state index contributed by atoms with van der Waals surface area (Å²) in [7, 11) is 0. The van der Waals surface area contributed by atoms with Gasteiger partial charge in [-0.1, -0.05) is 0 Å². The number of aromatic hydroxyl groups is 1. The van der Waals surface area contributed by atoms with Crippen LogP contribution in [0.25, 0.3) is 0 Å². The van der Waals surface area contributed by atoms with Gasteiger partial charge in [-0.15, -0.1) is 0 Å². The van der Waals surface area contributed by atoms with Crippen LogP contribution in [0.1, 0.15) is 24.8 Å². The lowest BCUT2D eigenvalue weighted by Crippen LogP contribution is -2.45. The predicted octanol–water partition coefficient (Wildman–Crippen LogP) is 1.54. The quantitative estimate of drug-likeness (QED) is 0.728. The molecule has 3 N–H and O–H groups in total. The summed E-state index contributed by atoms with van der Waals surface area (Å²) >= 11 is 0. The molecule has 0 atom stereocenters. The van der Waals surface area contributed by atoms with E-state index in [1.807, 2.05) is 0 Å². The van der Waals surface area contributed by atoms with Gasteiger partial charge >= 0.3 is 0 Å². The first kappa shape index (κ1) is 11.4. The molecule has 0 radical (unpaired) electrons. The molecule has 0 aliphatic heterocycles. The Bertz CT molecular complexity index is 377. The summed E-state index contributed by atoms with van der Waals surface area (Å²) in [6.45, 7) is 0.856. The maximum atomic E-state index is 12.9. The van der Waals surface area contributed by atoms with E-state index in [-0.39, 0.29) is 11.6 Å². The minimum absolute atomic E-state index is 0.0782. The second-order valence-electron chi connectivity index (χ2n) is 4.45. The molecule has 0 spiro atoms. The van der Waals surface area contributed by atoms with Crippen molar-refractivity contribution in [3.05, 3.63) is 29.6 Å². The monoisotopic (exact) mass is 225 g/mol. The van der Waals surface area contributed by atoms with Crippen molar-refractivity contribution in [1.29, 1.82) is 0 Å². The van der Waals surface area contributed by atoms with Gasteiger partial charge in [-0.3, -0.25) is 0 Å². The Morgan fingerprint density at radius 2 is 2.12 bits per heavy atom. The molecule has 1 aromatic rings. The molecule has 4 heteroatoms. The van der Waals surface area contributed by atoms with Crippen molar-refractivity contribution in [2.24, 2.45) is 0 Å². The largest absolute Gasteiger partial charge is 0.508 e. The normalized spacial score (nSPS) is 18.1. The van der Waals surface area contributed by atoms with Crippen LogP contribution < -0.4 is 5.32 Å². The van der Waals surface area contributed by atoms with Crippen molar-refractivity contribution in [1.82, 2.24) is 5.32 Å². The summed E-state index contributed by atoms with van der Waals surface area (Å²) < 4.78 is 12.9. The van der Waals surface area contributed by atoms with Gasteiger partial charge in [0.05, 0.1) is 5.60 Å². The Balaban J connectivity index is 1.87. The average Bonchev–Trinajstić information content (AvgIpc) is 2.21. The van der Waals surface area contributed by atoms with E-state index in [1.165, 1.54) is 18.2 Å². The highest BCUT2D eigenvalue weighted by atomic mass is 19.1. The average molecular weight is 225 g/mol. The number of aliphatic hydroxyl groups is 1. The molecule has 0 aromatic heterocycles. The summed E-state index contributed by atoms with van der Waals surface area (Å²) in [4.78, 5) is 0. The van der Waals surface area contributed by atoms with Gasteiger partial charge < -0.3 is 15.5 Å². The van der Waals surface area contributed by atoms with Crippen LogP contribution in [0.3, 0.4) is 0 Å². The van der Waals surface area contributed by atoms with E-state index in [4.69, 9.17) is 0 Å². The second-order valence-corrected chi connectivity index (χ2v) is 4.45. The number of benzene rings is 1. The first-order valence-corrected chi connectivity index (χ1v) is 5.50. The summed E-state index contributed by atoms with van der Waals surface area (Å²) in [6.07, 6.45) is 2.69. The fourth-order valence-corrected chi connectivity index (χ4v) is 1.89. The smallest absolute Gasteiger partial charge is 0.123 e. The van der Waals surface area contributed by atoms with Gasteiger partial charge in [0.25, 0.3) is 0 Å². The molecule has 0 unspecified atom stereocenters. The molecule has 1 aromatic carbocycles. The standard InChI is InChI=1S/C12H16FNO2/c13-10-2-3-11(15)9(6-10)7-14-8-12(16)4-1-5-12/h2-3,6,14-16H,1,4-5,7-8H2. The lowest BCUT2D eigenvalue weighted by Gasteiger charge is -2.36. The van der Waals surface area contributed by atoms with Crippen LogP contribution in [-0.4, -0.2) is 22.4 Å². The molecular weight excluding hydrogens is 209 g/mol. The predicted molar refractivity (Wildman–Crippen MR) is 58.6 cm³/mol. The van der Waals surface area contributed by atoms with E-state index in [2.05, 4.69) is 5.32 Å². The summed E-state index contributed by atoms with van der Waals surface area (Å²) in [5, 5.41) is 22.3. The third-order valence-electron chi connectivity index (χ3n) is 3.10. The van der Waals surface area contributed by atoms with E-state index in [0.29, 0.717) is 18.7 Å². The number of hydrogen-bond acceptors (Lipinski definition) is 3. The molecule has 3 nitrogen and oxygen atoms in total. The Hall–Kier alpha value is -1.13. The Morgan fingerprint density at radius 3 is 2.75 bits per heavy atom. The summed E-state index contributed by atoms with van der Waals surface area (Å²) in [5.41, 5.74) is -0.0777. The highest BCUT2D eigenvalue weighted by molar-refractivity contribution is 5.32. The fraction of sp³-hybridized carbons (Fsp3) is 0.500. The molecule has 0 amide bonds. The van der Waals surface area contributed by atoms with Gasteiger partial charge in [0.2, 0.25) is 0 Å². The van der Waals surface area contributed by atoms with Crippen LogP contribution >= 0.6 is 0 Å². The molecule has 0 bridgehead atoms. The van der Waals surface area contributed by atoms with Crippen molar-refractivity contribution >= 4 is 0 Å². The lowest BCUT2D eigenvalue weighted by atomic mass is 9.80. The summed E-state index contributed by atoms with van der Waals surface area (Å²) in [6, 6.07) is 3.86. The minimum atomic E-state index is -0.594. The molecular formula is C12H16FNO2. The first-order valence-electron chi connectivity index (χ1n) is 5.50. The molecule has 1 aliphatic carbocycles. The summed E-state index contributed by atoms with van der Waals surface area (Å²) in [5.74, 6) is -0.286. The van der Waals surface area contributed by atoms with Gasteiger partial charge in [-0.2, -0.15) is 0 Å². The van der Waals surface area contributed by atoms with Crippen LogP contribution in [0.4, 0.5) is 4.39 Å². The molecule has 2 rings (SSSR count). The fourth-order valence-electron chi connectivity index (χ4n) is 1.89. The molecule has 1 saturated carbocycles. The number of halogens is 1. The van der Waals surface area contributed by atoms with Crippen LogP contribution in [-0.2, 0) is 6.54 Å². The zero-order chi connectivity index (χ0) is 11.6. The van der Waals surface area contributed by atoms with Crippen LogP contribution in [0.2, 0.25) is 0 Å². The number of phenolic OH excluding ortho intramolecular Hbond substituents is 1. The highest BCUT2D eigenvalue weighted by Gasteiger charge is 2.33. The van der Waals surface area contributed by atoms with Crippen molar-refractivity contribution in [3.63, 3.8) is 0 Å². The zero-order valence-electron chi connectivity index (χ0n) is 9.04. The maximum absolute atomic E-state index is 12.9.